The molecule has 1 aromatic heterocycles. The summed E-state index contributed by atoms with van der Waals surface area (Å²) < 4.78 is 10.5. The van der Waals surface area contributed by atoms with E-state index in [4.69, 9.17) is 4.43 Å². The molecule has 0 bridgehead atoms. The summed E-state index contributed by atoms with van der Waals surface area (Å²) in [4.78, 5) is 0. The van der Waals surface area contributed by atoms with Crippen LogP contribution in [0.1, 0.15) is 37.7 Å². The fraction of sp³-hybridized carbons (Fsp3) is 0.242. The smallest absolute Gasteiger partial charge is 0.319 e. The fourth-order valence-electron chi connectivity index (χ4n) is 5.52. The van der Waals surface area contributed by atoms with Crippen molar-refractivity contribution in [2.75, 3.05) is 0 Å². The van der Waals surface area contributed by atoms with Gasteiger partial charge >= 0.3 is 8.32 Å². The number of aryl methyl sites for hydroxylation is 3. The van der Waals surface area contributed by atoms with Gasteiger partial charge in [0, 0.05) is 22.6 Å². The summed E-state index contributed by atoms with van der Waals surface area (Å²) in [5, 5.41) is 9.50. The van der Waals surface area contributed by atoms with Crippen LogP contribution in [0.3, 0.4) is 0 Å². The summed E-state index contributed by atoms with van der Waals surface area (Å²) in [6, 6.07) is 37.2. The standard InChI is InChI=1S/C33H35IN2OSi/c1-33(2,3)38(29-14-7-5-8-15-29,30-16-9-6-10-17-30)37-32-22-25(21-26-13-11-12-18-31(26)32)19-20-28-23-27(24-34)35-36(28)4/h5-18,21-23H,19-20,24H2,1-4H3. The molecule has 0 N–H and O–H groups in total. The van der Waals surface area contributed by atoms with Crippen LogP contribution >= 0.6 is 22.6 Å². The number of aromatic nitrogens is 2. The summed E-state index contributed by atoms with van der Waals surface area (Å²) in [5.74, 6) is 0.977. The zero-order valence-electron chi connectivity index (χ0n) is 22.6. The van der Waals surface area contributed by atoms with Crippen molar-refractivity contribution in [1.29, 1.82) is 0 Å². The van der Waals surface area contributed by atoms with E-state index in [0.29, 0.717) is 0 Å². The van der Waals surface area contributed by atoms with Gasteiger partial charge in [0.1, 0.15) is 5.75 Å². The maximum atomic E-state index is 7.51. The van der Waals surface area contributed by atoms with Crippen LogP contribution < -0.4 is 14.8 Å². The van der Waals surface area contributed by atoms with E-state index in [0.717, 1.165) is 34.1 Å². The van der Waals surface area contributed by atoms with Crippen molar-refractivity contribution >= 4 is 52.1 Å². The van der Waals surface area contributed by atoms with E-state index < -0.39 is 8.32 Å². The first kappa shape index (κ1) is 26.7. The van der Waals surface area contributed by atoms with Gasteiger partial charge < -0.3 is 4.43 Å². The van der Waals surface area contributed by atoms with Crippen LogP contribution in [0.4, 0.5) is 0 Å². The first-order valence-electron chi connectivity index (χ1n) is 13.2. The van der Waals surface area contributed by atoms with Gasteiger partial charge in [-0.05, 0) is 51.3 Å². The SMILES string of the molecule is Cn1nc(CI)cc1CCc1cc(O[Si](c2ccccc2)(c2ccccc2)C(C)(C)C)c2ccccc2c1. The van der Waals surface area contributed by atoms with E-state index in [1.54, 1.807) is 0 Å². The van der Waals surface area contributed by atoms with Gasteiger partial charge in [-0.1, -0.05) is 134 Å². The summed E-state index contributed by atoms with van der Waals surface area (Å²) in [5.41, 5.74) is 3.69. The highest BCUT2D eigenvalue weighted by atomic mass is 127. The molecular formula is C33H35IN2OSi. The molecule has 0 unspecified atom stereocenters. The number of benzene rings is 4. The molecule has 0 atom stereocenters. The van der Waals surface area contributed by atoms with Crippen molar-refractivity contribution in [3.05, 3.63) is 120 Å². The average Bonchev–Trinajstić information content (AvgIpc) is 3.30. The highest BCUT2D eigenvalue weighted by Crippen LogP contribution is 2.40. The number of rotatable bonds is 8. The highest BCUT2D eigenvalue weighted by molar-refractivity contribution is 14.1. The molecule has 3 nitrogen and oxygen atoms in total. The third-order valence-electron chi connectivity index (χ3n) is 7.40. The Morgan fingerprint density at radius 1 is 0.789 bits per heavy atom. The average molecular weight is 631 g/mol. The van der Waals surface area contributed by atoms with Crippen LogP contribution in [0.2, 0.25) is 5.04 Å². The van der Waals surface area contributed by atoms with E-state index in [-0.39, 0.29) is 5.04 Å². The minimum atomic E-state index is -2.74. The van der Waals surface area contributed by atoms with E-state index in [9.17, 15) is 0 Å². The Balaban J connectivity index is 1.64. The largest absolute Gasteiger partial charge is 0.534 e. The Hall–Kier alpha value is -2.90. The molecule has 0 spiro atoms. The minimum absolute atomic E-state index is 0.0998. The minimum Gasteiger partial charge on any atom is -0.534 e. The van der Waals surface area contributed by atoms with Crippen LogP contribution in [0.25, 0.3) is 10.8 Å². The summed E-state index contributed by atoms with van der Waals surface area (Å²) in [6.45, 7) is 7.00. The highest BCUT2D eigenvalue weighted by Gasteiger charge is 2.52. The van der Waals surface area contributed by atoms with Crippen molar-refractivity contribution in [3.63, 3.8) is 0 Å². The second kappa shape index (κ2) is 11.1. The molecule has 5 heteroatoms. The molecule has 0 amide bonds. The van der Waals surface area contributed by atoms with Crippen molar-refractivity contribution in [3.8, 4) is 5.75 Å². The quantitative estimate of drug-likeness (QED) is 0.103. The third kappa shape index (κ3) is 5.18. The van der Waals surface area contributed by atoms with Crippen molar-refractivity contribution in [1.82, 2.24) is 9.78 Å². The van der Waals surface area contributed by atoms with E-state index in [1.807, 2.05) is 11.7 Å². The molecule has 0 aliphatic carbocycles. The molecule has 0 saturated carbocycles. The normalized spacial score (nSPS) is 12.1. The van der Waals surface area contributed by atoms with Crippen LogP contribution in [-0.2, 0) is 24.3 Å². The molecule has 0 radical (unpaired) electrons. The lowest BCUT2D eigenvalue weighted by Gasteiger charge is -2.43. The Kier molecular flexibility index (Phi) is 7.77. The second-order valence-electron chi connectivity index (χ2n) is 11.0. The van der Waals surface area contributed by atoms with Crippen LogP contribution in [0, 0.1) is 0 Å². The van der Waals surface area contributed by atoms with E-state index in [1.165, 1.54) is 27.0 Å². The summed E-state index contributed by atoms with van der Waals surface area (Å²) >= 11 is 2.38. The zero-order chi connectivity index (χ0) is 26.8. The van der Waals surface area contributed by atoms with Gasteiger partial charge in [-0.25, -0.2) is 0 Å². The van der Waals surface area contributed by atoms with Crippen LogP contribution in [-0.4, -0.2) is 18.1 Å². The first-order chi connectivity index (χ1) is 18.3. The monoisotopic (exact) mass is 630 g/mol. The third-order valence-corrected chi connectivity index (χ3v) is 13.1. The molecule has 0 saturated heterocycles. The van der Waals surface area contributed by atoms with Gasteiger partial charge in [0.25, 0.3) is 0 Å². The summed E-state index contributed by atoms with van der Waals surface area (Å²) in [7, 11) is -0.698. The van der Waals surface area contributed by atoms with Crippen molar-refractivity contribution in [2.45, 2.75) is 43.1 Å². The summed E-state index contributed by atoms with van der Waals surface area (Å²) in [6.07, 6.45) is 1.87. The molecule has 0 fully saturated rings. The lowest BCUT2D eigenvalue weighted by atomic mass is 10.0. The first-order valence-corrected chi connectivity index (χ1v) is 16.6. The lowest BCUT2D eigenvalue weighted by molar-refractivity contribution is 0.512. The van der Waals surface area contributed by atoms with Crippen molar-refractivity contribution < 1.29 is 4.43 Å². The Morgan fingerprint density at radius 3 is 1.97 bits per heavy atom. The second-order valence-corrected chi connectivity index (χ2v) is 15.9. The lowest BCUT2D eigenvalue weighted by Crippen LogP contribution is -2.68. The molecule has 1 heterocycles. The van der Waals surface area contributed by atoms with Gasteiger partial charge in [-0.15, -0.1) is 0 Å². The molecule has 5 aromatic rings. The van der Waals surface area contributed by atoms with Gasteiger partial charge in [-0.3, -0.25) is 4.68 Å². The Labute approximate surface area is 241 Å². The van der Waals surface area contributed by atoms with Gasteiger partial charge in [0.05, 0.1) is 5.69 Å². The predicted molar refractivity (Wildman–Crippen MR) is 171 cm³/mol. The zero-order valence-corrected chi connectivity index (χ0v) is 25.8. The maximum absolute atomic E-state index is 7.51. The topological polar surface area (TPSA) is 27.1 Å². The molecular weight excluding hydrogens is 595 g/mol. The number of hydrogen-bond acceptors (Lipinski definition) is 2. The maximum Gasteiger partial charge on any atom is 0.319 e. The number of nitrogens with zero attached hydrogens (tertiary/aromatic N) is 2. The number of hydrogen-bond donors (Lipinski definition) is 0. The molecule has 0 aliphatic rings. The molecule has 4 aromatic carbocycles. The van der Waals surface area contributed by atoms with Crippen LogP contribution in [0.15, 0.2) is 103 Å². The molecule has 5 rings (SSSR count). The van der Waals surface area contributed by atoms with Gasteiger partial charge in [0.2, 0.25) is 0 Å². The van der Waals surface area contributed by atoms with Crippen molar-refractivity contribution in [2.24, 2.45) is 7.05 Å². The predicted octanol–water partition coefficient (Wildman–Crippen LogP) is 7.23. The molecule has 38 heavy (non-hydrogen) atoms. The van der Waals surface area contributed by atoms with E-state index in [2.05, 4.69) is 152 Å². The van der Waals surface area contributed by atoms with Gasteiger partial charge in [-0.2, -0.15) is 5.10 Å². The Morgan fingerprint density at radius 2 is 1.39 bits per heavy atom. The number of halogens is 1. The van der Waals surface area contributed by atoms with E-state index >= 15 is 0 Å². The number of fused-ring (bicyclic) bond motifs is 1. The fourth-order valence-corrected chi connectivity index (χ4v) is 10.3. The molecule has 0 aliphatic heterocycles. The van der Waals surface area contributed by atoms with Crippen LogP contribution in [0.5, 0.6) is 5.75 Å². The Bertz CT molecular complexity index is 1480. The number of alkyl halides is 1. The van der Waals surface area contributed by atoms with Gasteiger partial charge in [0.15, 0.2) is 0 Å². The molecule has 194 valence electrons.